The Hall–Kier alpha value is -1.79. The molecule has 0 spiro atoms. The summed E-state index contributed by atoms with van der Waals surface area (Å²) in [5, 5.41) is 16.8. The molecule has 0 aromatic rings. The highest BCUT2D eigenvalue weighted by Crippen LogP contribution is 2.38. The quantitative estimate of drug-likeness (QED) is 0.559. The number of carboxylic acids is 1. The molecule has 0 unspecified atom stereocenters. The van der Waals surface area contributed by atoms with Crippen molar-refractivity contribution in [2.24, 2.45) is 5.41 Å². The molecule has 0 radical (unpaired) electrons. The predicted octanol–water partition coefficient (Wildman–Crippen LogP) is 0.847. The zero-order chi connectivity index (χ0) is 15.7. The largest absolute Gasteiger partial charge is 0.481 e. The van der Waals surface area contributed by atoms with E-state index in [9.17, 15) is 14.4 Å². The standard InChI is InChI=1S/C14H25N3O4/c1-2-15-11(18)9-16-13(21)17-10-14(8-12(19)20)6-4-3-5-7-14/h2-10H2,1H3,(H,15,18)(H,19,20)(H2,16,17,21). The monoisotopic (exact) mass is 299 g/mol. The summed E-state index contributed by atoms with van der Waals surface area (Å²) in [5.41, 5.74) is -0.354. The summed E-state index contributed by atoms with van der Waals surface area (Å²) in [6.45, 7) is 2.58. The maximum absolute atomic E-state index is 11.7. The second-order valence-corrected chi connectivity index (χ2v) is 5.62. The lowest BCUT2D eigenvalue weighted by Crippen LogP contribution is -2.46. The molecule has 0 aromatic carbocycles. The summed E-state index contributed by atoms with van der Waals surface area (Å²) >= 11 is 0. The summed E-state index contributed by atoms with van der Waals surface area (Å²) in [5.74, 6) is -1.08. The minimum Gasteiger partial charge on any atom is -0.481 e. The maximum Gasteiger partial charge on any atom is 0.315 e. The molecule has 7 heteroatoms. The van der Waals surface area contributed by atoms with Crippen LogP contribution in [0, 0.1) is 5.41 Å². The van der Waals surface area contributed by atoms with E-state index in [-0.39, 0.29) is 24.3 Å². The van der Waals surface area contributed by atoms with Crippen LogP contribution >= 0.6 is 0 Å². The first-order valence-corrected chi connectivity index (χ1v) is 7.48. The molecule has 1 rings (SSSR count). The Balaban J connectivity index is 2.40. The molecular weight excluding hydrogens is 274 g/mol. The smallest absolute Gasteiger partial charge is 0.315 e. The van der Waals surface area contributed by atoms with Crippen molar-refractivity contribution in [3.05, 3.63) is 0 Å². The van der Waals surface area contributed by atoms with Crippen molar-refractivity contribution in [2.75, 3.05) is 19.6 Å². The van der Waals surface area contributed by atoms with Gasteiger partial charge in [0, 0.05) is 13.1 Å². The van der Waals surface area contributed by atoms with Gasteiger partial charge in [0.1, 0.15) is 0 Å². The van der Waals surface area contributed by atoms with Crippen molar-refractivity contribution < 1.29 is 19.5 Å². The number of carboxylic acid groups (broad SMARTS) is 1. The number of aliphatic carboxylic acids is 1. The molecule has 1 saturated carbocycles. The molecule has 0 heterocycles. The highest BCUT2D eigenvalue weighted by atomic mass is 16.4. The summed E-state index contributed by atoms with van der Waals surface area (Å²) in [4.78, 5) is 33.9. The van der Waals surface area contributed by atoms with Crippen molar-refractivity contribution in [1.82, 2.24) is 16.0 Å². The van der Waals surface area contributed by atoms with Gasteiger partial charge in [-0.15, -0.1) is 0 Å². The summed E-state index contributed by atoms with van der Waals surface area (Å²) < 4.78 is 0. The van der Waals surface area contributed by atoms with Gasteiger partial charge in [-0.1, -0.05) is 19.3 Å². The SMILES string of the molecule is CCNC(=O)CNC(=O)NCC1(CC(=O)O)CCCCC1. The van der Waals surface area contributed by atoms with Crippen LogP contribution in [-0.4, -0.2) is 42.6 Å². The zero-order valence-electron chi connectivity index (χ0n) is 12.5. The fourth-order valence-electron chi connectivity index (χ4n) is 2.79. The highest BCUT2D eigenvalue weighted by molar-refractivity contribution is 5.83. The average Bonchev–Trinajstić information content (AvgIpc) is 2.43. The van der Waals surface area contributed by atoms with E-state index < -0.39 is 12.0 Å². The van der Waals surface area contributed by atoms with Gasteiger partial charge < -0.3 is 21.1 Å². The summed E-state index contributed by atoms with van der Waals surface area (Å²) in [7, 11) is 0. The van der Waals surface area contributed by atoms with Crippen molar-refractivity contribution in [3.8, 4) is 0 Å². The third-order valence-corrected chi connectivity index (χ3v) is 3.85. The van der Waals surface area contributed by atoms with E-state index in [1.54, 1.807) is 6.92 Å². The predicted molar refractivity (Wildman–Crippen MR) is 77.9 cm³/mol. The third kappa shape index (κ3) is 6.46. The first-order valence-electron chi connectivity index (χ1n) is 7.48. The normalized spacial score (nSPS) is 16.8. The molecule has 21 heavy (non-hydrogen) atoms. The second kappa shape index (κ2) is 8.49. The van der Waals surface area contributed by atoms with E-state index in [2.05, 4.69) is 16.0 Å². The molecule has 7 nitrogen and oxygen atoms in total. The first kappa shape index (κ1) is 17.3. The Labute approximate surface area is 124 Å². The van der Waals surface area contributed by atoms with Crippen molar-refractivity contribution in [1.29, 1.82) is 0 Å². The van der Waals surface area contributed by atoms with Gasteiger partial charge in [0.05, 0.1) is 13.0 Å². The van der Waals surface area contributed by atoms with Gasteiger partial charge in [0.2, 0.25) is 5.91 Å². The van der Waals surface area contributed by atoms with E-state index in [0.717, 1.165) is 32.1 Å². The minimum atomic E-state index is -0.832. The number of likely N-dealkylation sites (N-methyl/N-ethyl adjacent to an activating group) is 1. The van der Waals surface area contributed by atoms with Crippen LogP contribution < -0.4 is 16.0 Å². The van der Waals surface area contributed by atoms with Crippen LogP contribution in [-0.2, 0) is 9.59 Å². The van der Waals surface area contributed by atoms with E-state index >= 15 is 0 Å². The molecule has 4 N–H and O–H groups in total. The Morgan fingerprint density at radius 3 is 2.29 bits per heavy atom. The molecule has 0 aliphatic heterocycles. The second-order valence-electron chi connectivity index (χ2n) is 5.62. The maximum atomic E-state index is 11.7. The number of amides is 3. The highest BCUT2D eigenvalue weighted by Gasteiger charge is 2.34. The van der Waals surface area contributed by atoms with Crippen LogP contribution in [0.2, 0.25) is 0 Å². The Bertz CT molecular complexity index is 378. The molecule has 0 atom stereocenters. The molecule has 120 valence electrons. The molecule has 1 aliphatic carbocycles. The Morgan fingerprint density at radius 2 is 1.71 bits per heavy atom. The third-order valence-electron chi connectivity index (χ3n) is 3.85. The minimum absolute atomic E-state index is 0.0730. The molecule has 0 saturated heterocycles. The number of carbonyl (C=O) groups excluding carboxylic acids is 2. The van der Waals surface area contributed by atoms with E-state index in [0.29, 0.717) is 13.1 Å². The average molecular weight is 299 g/mol. The fourth-order valence-corrected chi connectivity index (χ4v) is 2.79. The molecule has 3 amide bonds. The van der Waals surface area contributed by atoms with Gasteiger partial charge in [-0.05, 0) is 25.2 Å². The number of urea groups is 1. The summed E-state index contributed by atoms with van der Waals surface area (Å²) in [6, 6.07) is -0.434. The number of hydrogen-bond donors (Lipinski definition) is 4. The van der Waals surface area contributed by atoms with Gasteiger partial charge in [-0.3, -0.25) is 9.59 Å². The lowest BCUT2D eigenvalue weighted by molar-refractivity contribution is -0.140. The zero-order valence-corrected chi connectivity index (χ0v) is 12.5. The fraction of sp³-hybridized carbons (Fsp3) is 0.786. The van der Waals surface area contributed by atoms with Gasteiger partial charge in [0.25, 0.3) is 0 Å². The van der Waals surface area contributed by atoms with Crippen molar-refractivity contribution in [3.63, 3.8) is 0 Å². The summed E-state index contributed by atoms with van der Waals surface area (Å²) in [6.07, 6.45) is 4.81. The number of hydrogen-bond acceptors (Lipinski definition) is 3. The Morgan fingerprint density at radius 1 is 1.05 bits per heavy atom. The van der Waals surface area contributed by atoms with Gasteiger partial charge >= 0.3 is 12.0 Å². The van der Waals surface area contributed by atoms with E-state index in [1.165, 1.54) is 0 Å². The van der Waals surface area contributed by atoms with Crippen molar-refractivity contribution in [2.45, 2.75) is 45.4 Å². The van der Waals surface area contributed by atoms with Crippen LogP contribution in [0.15, 0.2) is 0 Å². The molecular formula is C14H25N3O4. The van der Waals surface area contributed by atoms with Crippen LogP contribution in [0.3, 0.4) is 0 Å². The Kier molecular flexibility index (Phi) is 6.98. The van der Waals surface area contributed by atoms with E-state index in [4.69, 9.17) is 5.11 Å². The molecule has 1 fully saturated rings. The molecule has 0 aromatic heterocycles. The molecule has 0 bridgehead atoms. The number of rotatable bonds is 7. The van der Waals surface area contributed by atoms with E-state index in [1.807, 2.05) is 0 Å². The van der Waals surface area contributed by atoms with Crippen LogP contribution in [0.25, 0.3) is 0 Å². The lowest BCUT2D eigenvalue weighted by atomic mass is 9.72. The van der Waals surface area contributed by atoms with Crippen LogP contribution in [0.5, 0.6) is 0 Å². The van der Waals surface area contributed by atoms with Crippen molar-refractivity contribution >= 4 is 17.9 Å². The van der Waals surface area contributed by atoms with Crippen LogP contribution in [0.4, 0.5) is 4.79 Å². The number of carbonyl (C=O) groups is 3. The topological polar surface area (TPSA) is 108 Å². The number of nitrogens with one attached hydrogen (secondary N) is 3. The van der Waals surface area contributed by atoms with Gasteiger partial charge in [-0.25, -0.2) is 4.79 Å². The lowest BCUT2D eigenvalue weighted by Gasteiger charge is -2.36. The van der Waals surface area contributed by atoms with Crippen LogP contribution in [0.1, 0.15) is 45.4 Å². The van der Waals surface area contributed by atoms with Gasteiger partial charge in [-0.2, -0.15) is 0 Å². The molecule has 1 aliphatic rings. The van der Waals surface area contributed by atoms with Gasteiger partial charge in [0.15, 0.2) is 0 Å². The first-order chi connectivity index (χ1) is 9.97.